The normalized spacial score (nSPS) is 13.5. The molecule has 0 aliphatic heterocycles. The van der Waals surface area contributed by atoms with E-state index in [2.05, 4.69) is 5.32 Å². The lowest BCUT2D eigenvalue weighted by molar-refractivity contribution is -0.113. The molecular formula is C21H22ClN3O2S2. The third-order valence-corrected chi connectivity index (χ3v) is 7.72. The Balaban J connectivity index is 1.56. The Morgan fingerprint density at radius 1 is 1.34 bits per heavy atom. The number of nitrogens with one attached hydrogen (secondary N) is 1. The second-order valence-electron chi connectivity index (χ2n) is 7.14. The average molecular weight is 448 g/mol. The van der Waals surface area contributed by atoms with Gasteiger partial charge in [-0.05, 0) is 68.9 Å². The van der Waals surface area contributed by atoms with E-state index in [0.717, 1.165) is 35.0 Å². The van der Waals surface area contributed by atoms with Gasteiger partial charge in [-0.3, -0.25) is 14.2 Å². The van der Waals surface area contributed by atoms with E-state index in [9.17, 15) is 9.59 Å². The van der Waals surface area contributed by atoms with Gasteiger partial charge < -0.3 is 5.32 Å². The zero-order valence-corrected chi connectivity index (χ0v) is 18.8. The molecule has 5 nitrogen and oxygen atoms in total. The SMILES string of the molecule is CCn1c(SCC(=O)Nc2ccc(Cl)c(C)c2)nc2sc3c(c2c1=O)CCCC3. The van der Waals surface area contributed by atoms with Crippen molar-refractivity contribution in [2.24, 2.45) is 0 Å². The molecule has 1 aromatic carbocycles. The number of thioether (sulfide) groups is 1. The zero-order chi connectivity index (χ0) is 20.5. The van der Waals surface area contributed by atoms with E-state index in [0.29, 0.717) is 22.4 Å². The lowest BCUT2D eigenvalue weighted by Gasteiger charge is -2.12. The average Bonchev–Trinajstić information content (AvgIpc) is 3.08. The van der Waals surface area contributed by atoms with Crippen molar-refractivity contribution < 1.29 is 4.79 Å². The largest absolute Gasteiger partial charge is 0.325 e. The van der Waals surface area contributed by atoms with E-state index < -0.39 is 0 Å². The first-order valence-electron chi connectivity index (χ1n) is 9.71. The fourth-order valence-corrected chi connectivity index (χ4v) is 5.94. The second kappa shape index (κ2) is 8.50. The predicted octanol–water partition coefficient (Wildman–Crippen LogP) is 5.05. The quantitative estimate of drug-likeness (QED) is 0.439. The number of benzene rings is 1. The Kier molecular flexibility index (Phi) is 5.99. The maximum absolute atomic E-state index is 13.1. The first-order valence-corrected chi connectivity index (χ1v) is 11.9. The molecule has 1 aliphatic rings. The highest BCUT2D eigenvalue weighted by atomic mass is 35.5. The van der Waals surface area contributed by atoms with Crippen LogP contribution >= 0.6 is 34.7 Å². The van der Waals surface area contributed by atoms with Crippen molar-refractivity contribution in [3.8, 4) is 0 Å². The summed E-state index contributed by atoms with van der Waals surface area (Å²) in [6.07, 6.45) is 4.30. The number of carbonyl (C=O) groups is 1. The molecule has 1 amide bonds. The minimum Gasteiger partial charge on any atom is -0.325 e. The Hall–Kier alpha value is -1.83. The van der Waals surface area contributed by atoms with Gasteiger partial charge in [-0.15, -0.1) is 11.3 Å². The number of anilines is 1. The van der Waals surface area contributed by atoms with Crippen LogP contribution < -0.4 is 10.9 Å². The molecule has 29 heavy (non-hydrogen) atoms. The highest BCUT2D eigenvalue weighted by Gasteiger charge is 2.22. The number of amides is 1. The van der Waals surface area contributed by atoms with Gasteiger partial charge in [0.1, 0.15) is 4.83 Å². The fourth-order valence-electron chi connectivity index (χ4n) is 3.66. The molecule has 8 heteroatoms. The van der Waals surface area contributed by atoms with Gasteiger partial charge in [0.2, 0.25) is 5.91 Å². The number of fused-ring (bicyclic) bond motifs is 3. The van der Waals surface area contributed by atoms with Crippen LogP contribution in [0.5, 0.6) is 0 Å². The number of aryl methyl sites for hydroxylation is 3. The van der Waals surface area contributed by atoms with Gasteiger partial charge in [-0.1, -0.05) is 23.4 Å². The van der Waals surface area contributed by atoms with Crippen molar-refractivity contribution in [3.63, 3.8) is 0 Å². The lowest BCUT2D eigenvalue weighted by atomic mass is 9.97. The summed E-state index contributed by atoms with van der Waals surface area (Å²) in [7, 11) is 0. The molecule has 3 aromatic rings. The molecule has 2 aromatic heterocycles. The third-order valence-electron chi connectivity index (χ3n) is 5.13. The van der Waals surface area contributed by atoms with Crippen molar-refractivity contribution in [1.29, 1.82) is 0 Å². The molecule has 4 rings (SSSR count). The number of rotatable bonds is 5. The third kappa shape index (κ3) is 4.09. The summed E-state index contributed by atoms with van der Waals surface area (Å²) >= 11 is 8.97. The first kappa shape index (κ1) is 20.4. The number of halogens is 1. The molecule has 0 saturated carbocycles. The van der Waals surface area contributed by atoms with E-state index in [1.54, 1.807) is 28.0 Å². The van der Waals surface area contributed by atoms with Crippen LogP contribution in [0, 0.1) is 6.92 Å². The first-order chi connectivity index (χ1) is 14.0. The van der Waals surface area contributed by atoms with Crippen LogP contribution in [0.1, 0.15) is 35.8 Å². The maximum atomic E-state index is 13.1. The van der Waals surface area contributed by atoms with Gasteiger partial charge in [0.25, 0.3) is 5.56 Å². The summed E-state index contributed by atoms with van der Waals surface area (Å²) in [6, 6.07) is 5.39. The summed E-state index contributed by atoms with van der Waals surface area (Å²) in [4.78, 5) is 32.4. The van der Waals surface area contributed by atoms with E-state index in [1.165, 1.54) is 28.6 Å². The van der Waals surface area contributed by atoms with Gasteiger partial charge >= 0.3 is 0 Å². The van der Waals surface area contributed by atoms with Crippen LogP contribution in [-0.2, 0) is 24.2 Å². The number of carbonyl (C=O) groups excluding carboxylic acids is 1. The second-order valence-corrected chi connectivity index (χ2v) is 9.57. The molecule has 0 bridgehead atoms. The molecule has 0 spiro atoms. The smallest absolute Gasteiger partial charge is 0.263 e. The van der Waals surface area contributed by atoms with Crippen LogP contribution in [0.3, 0.4) is 0 Å². The van der Waals surface area contributed by atoms with Crippen molar-refractivity contribution in [3.05, 3.63) is 49.6 Å². The van der Waals surface area contributed by atoms with Gasteiger partial charge in [0.15, 0.2) is 5.16 Å². The molecule has 1 N–H and O–H groups in total. The number of nitrogens with zero attached hydrogens (tertiary/aromatic N) is 2. The zero-order valence-electron chi connectivity index (χ0n) is 16.4. The number of hydrogen-bond donors (Lipinski definition) is 1. The number of aromatic nitrogens is 2. The summed E-state index contributed by atoms with van der Waals surface area (Å²) in [6.45, 7) is 4.37. The standard InChI is InChI=1S/C21H22ClN3O2S2/c1-3-25-20(27)18-14-6-4-5-7-16(14)29-19(18)24-21(25)28-11-17(26)23-13-8-9-15(22)12(2)10-13/h8-10H,3-7,11H2,1-2H3,(H,23,26). The molecule has 1 aliphatic carbocycles. The van der Waals surface area contributed by atoms with Gasteiger partial charge in [0, 0.05) is 22.1 Å². The Bertz CT molecular complexity index is 1150. The van der Waals surface area contributed by atoms with E-state index in [1.807, 2.05) is 19.9 Å². The number of hydrogen-bond acceptors (Lipinski definition) is 5. The van der Waals surface area contributed by atoms with Crippen LogP contribution in [0.25, 0.3) is 10.2 Å². The van der Waals surface area contributed by atoms with Crippen molar-refractivity contribution in [1.82, 2.24) is 9.55 Å². The molecule has 0 saturated heterocycles. The van der Waals surface area contributed by atoms with E-state index >= 15 is 0 Å². The number of thiophene rings is 1. The summed E-state index contributed by atoms with van der Waals surface area (Å²) in [5.41, 5.74) is 2.84. The Morgan fingerprint density at radius 2 is 2.14 bits per heavy atom. The maximum Gasteiger partial charge on any atom is 0.263 e. The summed E-state index contributed by atoms with van der Waals surface area (Å²) in [5, 5.41) is 4.94. The summed E-state index contributed by atoms with van der Waals surface area (Å²) < 4.78 is 1.69. The van der Waals surface area contributed by atoms with Gasteiger partial charge in [-0.2, -0.15) is 0 Å². The minimum absolute atomic E-state index is 0.0214. The van der Waals surface area contributed by atoms with Crippen LogP contribution in [0.2, 0.25) is 5.02 Å². The van der Waals surface area contributed by atoms with E-state index in [4.69, 9.17) is 16.6 Å². The van der Waals surface area contributed by atoms with Gasteiger partial charge in [-0.25, -0.2) is 4.98 Å². The Labute approximate surface area is 182 Å². The lowest BCUT2D eigenvalue weighted by Crippen LogP contribution is -2.24. The van der Waals surface area contributed by atoms with Crippen LogP contribution in [0.4, 0.5) is 5.69 Å². The molecule has 0 radical (unpaired) electrons. The van der Waals surface area contributed by atoms with Crippen molar-refractivity contribution in [2.45, 2.75) is 51.2 Å². The molecule has 2 heterocycles. The summed E-state index contributed by atoms with van der Waals surface area (Å²) in [5.74, 6) is 0.0456. The molecule has 0 atom stereocenters. The Morgan fingerprint density at radius 3 is 2.90 bits per heavy atom. The topological polar surface area (TPSA) is 64.0 Å². The van der Waals surface area contributed by atoms with Gasteiger partial charge in [0.05, 0.1) is 11.1 Å². The minimum atomic E-state index is -0.140. The van der Waals surface area contributed by atoms with Crippen molar-refractivity contribution in [2.75, 3.05) is 11.1 Å². The molecule has 0 fully saturated rings. The highest BCUT2D eigenvalue weighted by molar-refractivity contribution is 7.99. The highest BCUT2D eigenvalue weighted by Crippen LogP contribution is 2.34. The van der Waals surface area contributed by atoms with Crippen molar-refractivity contribution >= 4 is 56.5 Å². The molecule has 0 unspecified atom stereocenters. The van der Waals surface area contributed by atoms with Crippen LogP contribution in [-0.4, -0.2) is 21.2 Å². The molecule has 152 valence electrons. The fraction of sp³-hybridized carbons (Fsp3) is 0.381. The monoisotopic (exact) mass is 447 g/mol. The molecular weight excluding hydrogens is 426 g/mol. The van der Waals surface area contributed by atoms with E-state index in [-0.39, 0.29) is 17.2 Å². The van der Waals surface area contributed by atoms with Crippen LogP contribution in [0.15, 0.2) is 28.2 Å². The predicted molar refractivity (Wildman–Crippen MR) is 122 cm³/mol.